The van der Waals surface area contributed by atoms with Gasteiger partial charge in [-0.05, 0) is 69.9 Å². The zero-order valence-electron chi connectivity index (χ0n) is 20.6. The summed E-state index contributed by atoms with van der Waals surface area (Å²) >= 11 is 0. The Morgan fingerprint density at radius 2 is 1.91 bits per heavy atom. The van der Waals surface area contributed by atoms with Crippen LogP contribution in [-0.4, -0.2) is 55.2 Å². The lowest BCUT2D eigenvalue weighted by Crippen LogP contribution is -2.50. The van der Waals surface area contributed by atoms with Crippen LogP contribution >= 0.6 is 0 Å². The second kappa shape index (κ2) is 10.4. The molecule has 1 unspecified atom stereocenters. The average Bonchev–Trinajstić information content (AvgIpc) is 3.33. The zero-order chi connectivity index (χ0) is 25.0. The van der Waals surface area contributed by atoms with Crippen molar-refractivity contribution in [3.05, 3.63) is 47.4 Å². The average molecular weight is 480 g/mol. The highest BCUT2D eigenvalue weighted by molar-refractivity contribution is 6.04. The molecule has 2 saturated heterocycles. The van der Waals surface area contributed by atoms with E-state index in [4.69, 9.17) is 14.4 Å². The highest BCUT2D eigenvalue weighted by Crippen LogP contribution is 2.34. The number of hydrogen-bond donors (Lipinski definition) is 2. The van der Waals surface area contributed by atoms with E-state index in [-0.39, 0.29) is 23.7 Å². The van der Waals surface area contributed by atoms with Crippen LogP contribution < -0.4 is 15.5 Å². The van der Waals surface area contributed by atoms with Crippen LogP contribution in [-0.2, 0) is 4.74 Å². The fraction of sp³-hybridized carbons (Fsp3) is 0.500. The summed E-state index contributed by atoms with van der Waals surface area (Å²) in [4.78, 5) is 29.8. The zero-order valence-corrected chi connectivity index (χ0v) is 20.6. The lowest BCUT2D eigenvalue weighted by atomic mass is 10.0. The molecule has 2 N–H and O–H groups in total. The number of rotatable bonds is 4. The molecule has 9 heteroatoms. The van der Waals surface area contributed by atoms with Crippen LogP contribution in [0.1, 0.15) is 68.0 Å². The van der Waals surface area contributed by atoms with Crippen LogP contribution in [0, 0.1) is 11.3 Å². The predicted octanol–water partition coefficient (Wildman–Crippen LogP) is 4.28. The summed E-state index contributed by atoms with van der Waals surface area (Å²) in [5.74, 6) is -0.233. The molecule has 0 spiro atoms. The number of nitrogens with zero attached hydrogens (tertiary/aromatic N) is 3. The molecular weight excluding hydrogens is 446 g/mol. The van der Waals surface area contributed by atoms with Crippen molar-refractivity contribution in [2.24, 2.45) is 0 Å². The molecular formula is C26H33N5O4. The molecule has 1 aromatic carbocycles. The first-order chi connectivity index (χ1) is 16.7. The van der Waals surface area contributed by atoms with Gasteiger partial charge in [-0.3, -0.25) is 9.69 Å². The molecule has 3 heterocycles. The summed E-state index contributed by atoms with van der Waals surface area (Å²) in [5, 5.41) is 15.3. The van der Waals surface area contributed by atoms with Gasteiger partial charge in [0.25, 0.3) is 5.91 Å². The minimum Gasteiger partial charge on any atom is -0.444 e. The van der Waals surface area contributed by atoms with Crippen LogP contribution in [0.15, 0.2) is 34.7 Å². The molecule has 2 aromatic rings. The van der Waals surface area contributed by atoms with Crippen molar-refractivity contribution in [3.8, 4) is 6.07 Å². The Bertz CT molecular complexity index is 1110. The first-order valence-corrected chi connectivity index (χ1v) is 12.2. The maximum Gasteiger partial charge on any atom is 0.410 e. The molecule has 1 aromatic heterocycles. The number of amides is 2. The Kier molecular flexibility index (Phi) is 7.31. The van der Waals surface area contributed by atoms with Crippen molar-refractivity contribution >= 4 is 23.4 Å². The van der Waals surface area contributed by atoms with Gasteiger partial charge in [0.1, 0.15) is 11.7 Å². The van der Waals surface area contributed by atoms with Gasteiger partial charge in [-0.15, -0.1) is 0 Å². The standard InChI is InChI=1S/C26H33N5O4/c1-26(2,3)35-25(33)31-14-11-28-17-22(31)18-7-9-20(21(15-18)30-12-5-4-6-13-30)29-24(32)23-10-8-19(16-27)34-23/h7-10,15,22,28H,4-6,11-14,17H2,1-3H3,(H,29,32). The number of ether oxygens (including phenoxy) is 1. The van der Waals surface area contributed by atoms with Crippen LogP contribution in [0.3, 0.4) is 0 Å². The number of anilines is 2. The Labute approximate surface area is 206 Å². The van der Waals surface area contributed by atoms with E-state index >= 15 is 0 Å². The van der Waals surface area contributed by atoms with Gasteiger partial charge in [-0.25, -0.2) is 4.79 Å². The topological polar surface area (TPSA) is 111 Å². The third-order valence-electron chi connectivity index (χ3n) is 6.16. The summed E-state index contributed by atoms with van der Waals surface area (Å²) in [7, 11) is 0. The smallest absolute Gasteiger partial charge is 0.410 e. The Hall–Kier alpha value is -3.51. The summed E-state index contributed by atoms with van der Waals surface area (Å²) in [6, 6.07) is 10.6. The second-order valence-electron chi connectivity index (χ2n) is 9.95. The third-order valence-corrected chi connectivity index (χ3v) is 6.16. The number of benzene rings is 1. The highest BCUT2D eigenvalue weighted by atomic mass is 16.6. The number of nitriles is 1. The molecule has 0 aliphatic carbocycles. The van der Waals surface area contributed by atoms with Crippen molar-refractivity contribution in [3.63, 3.8) is 0 Å². The van der Waals surface area contributed by atoms with E-state index in [0.717, 1.165) is 37.2 Å². The van der Waals surface area contributed by atoms with E-state index in [1.165, 1.54) is 18.6 Å². The quantitative estimate of drug-likeness (QED) is 0.673. The Morgan fingerprint density at radius 1 is 1.14 bits per heavy atom. The number of piperazine rings is 1. The minimum absolute atomic E-state index is 0.0859. The fourth-order valence-electron chi connectivity index (χ4n) is 4.50. The van der Waals surface area contributed by atoms with Crippen LogP contribution in [0.4, 0.5) is 16.2 Å². The largest absolute Gasteiger partial charge is 0.444 e. The van der Waals surface area contributed by atoms with Crippen molar-refractivity contribution in [1.82, 2.24) is 10.2 Å². The lowest BCUT2D eigenvalue weighted by Gasteiger charge is -2.38. The van der Waals surface area contributed by atoms with Gasteiger partial charge in [-0.1, -0.05) is 6.07 Å². The minimum atomic E-state index is -0.573. The molecule has 0 radical (unpaired) electrons. The molecule has 2 amide bonds. The van der Waals surface area contributed by atoms with Crippen LogP contribution in [0.5, 0.6) is 0 Å². The molecule has 2 fully saturated rings. The summed E-state index contributed by atoms with van der Waals surface area (Å²) in [5.41, 5.74) is 1.99. The lowest BCUT2D eigenvalue weighted by molar-refractivity contribution is 0.0118. The van der Waals surface area contributed by atoms with Gasteiger partial charge in [-0.2, -0.15) is 5.26 Å². The van der Waals surface area contributed by atoms with Gasteiger partial charge in [0.15, 0.2) is 5.76 Å². The molecule has 1 atom stereocenters. The van der Waals surface area contributed by atoms with Crippen molar-refractivity contribution in [2.45, 2.75) is 51.7 Å². The molecule has 0 bridgehead atoms. The number of furan rings is 1. The van der Waals surface area contributed by atoms with E-state index in [9.17, 15) is 9.59 Å². The molecule has 186 valence electrons. The first-order valence-electron chi connectivity index (χ1n) is 12.2. The van der Waals surface area contributed by atoms with Crippen molar-refractivity contribution < 1.29 is 18.7 Å². The number of hydrogen-bond acceptors (Lipinski definition) is 7. The van der Waals surface area contributed by atoms with Crippen molar-refractivity contribution in [2.75, 3.05) is 42.9 Å². The van der Waals surface area contributed by atoms with Gasteiger partial charge in [0.05, 0.1) is 17.4 Å². The summed E-state index contributed by atoms with van der Waals surface area (Å²) < 4.78 is 11.0. The number of carbonyl (C=O) groups excluding carboxylic acids is 2. The van der Waals surface area contributed by atoms with Gasteiger partial charge < -0.3 is 24.7 Å². The summed E-state index contributed by atoms with van der Waals surface area (Å²) in [6.07, 6.45) is 3.01. The molecule has 4 rings (SSSR count). The summed E-state index contributed by atoms with van der Waals surface area (Å²) in [6.45, 7) is 9.27. The van der Waals surface area contributed by atoms with E-state index in [2.05, 4.69) is 21.6 Å². The number of piperidine rings is 1. The normalized spacial score (nSPS) is 18.6. The number of carbonyl (C=O) groups is 2. The van der Waals surface area contributed by atoms with Crippen LogP contribution in [0.2, 0.25) is 0 Å². The van der Waals surface area contributed by atoms with Crippen molar-refractivity contribution in [1.29, 1.82) is 5.26 Å². The molecule has 2 aliphatic rings. The van der Waals surface area contributed by atoms with Gasteiger partial charge >= 0.3 is 6.09 Å². The molecule has 9 nitrogen and oxygen atoms in total. The third kappa shape index (κ3) is 5.95. The monoisotopic (exact) mass is 479 g/mol. The maximum absolute atomic E-state index is 13.0. The molecule has 0 saturated carbocycles. The maximum atomic E-state index is 13.0. The van der Waals surface area contributed by atoms with Crippen LogP contribution in [0.25, 0.3) is 0 Å². The van der Waals surface area contributed by atoms with E-state index in [0.29, 0.717) is 25.3 Å². The van der Waals surface area contributed by atoms with Gasteiger partial charge in [0, 0.05) is 32.7 Å². The fourth-order valence-corrected chi connectivity index (χ4v) is 4.50. The van der Waals surface area contributed by atoms with Gasteiger partial charge in [0.2, 0.25) is 5.76 Å². The second-order valence-corrected chi connectivity index (χ2v) is 9.95. The van der Waals surface area contributed by atoms with E-state index < -0.39 is 11.5 Å². The first kappa shape index (κ1) is 24.6. The number of nitrogens with one attached hydrogen (secondary N) is 2. The highest BCUT2D eigenvalue weighted by Gasteiger charge is 2.32. The molecule has 2 aliphatic heterocycles. The predicted molar refractivity (Wildman–Crippen MR) is 132 cm³/mol. The van der Waals surface area contributed by atoms with E-state index in [1.54, 1.807) is 4.90 Å². The Morgan fingerprint density at radius 3 is 2.60 bits per heavy atom. The Balaban J connectivity index is 1.63. The molecule has 35 heavy (non-hydrogen) atoms. The van der Waals surface area contributed by atoms with E-state index in [1.807, 2.05) is 39.0 Å². The SMILES string of the molecule is CC(C)(C)OC(=O)N1CCNCC1c1ccc(NC(=O)c2ccc(C#N)o2)c(N2CCCCC2)c1.